The lowest BCUT2D eigenvalue weighted by Gasteiger charge is -2.12. The summed E-state index contributed by atoms with van der Waals surface area (Å²) in [5.74, 6) is 0.557. The Hall–Kier alpha value is -3.13. The van der Waals surface area contributed by atoms with Crippen LogP contribution in [-0.4, -0.2) is 27.2 Å². The highest BCUT2D eigenvalue weighted by atomic mass is 32.1. The number of hydrogen-bond donors (Lipinski definition) is 3. The molecule has 2 aromatic carbocycles. The zero-order valence-corrected chi connectivity index (χ0v) is 15.0. The Balaban J connectivity index is 1.48. The van der Waals surface area contributed by atoms with Crippen molar-refractivity contribution in [2.24, 2.45) is 0 Å². The van der Waals surface area contributed by atoms with Crippen LogP contribution in [-0.2, 0) is 11.3 Å². The summed E-state index contributed by atoms with van der Waals surface area (Å²) in [6.07, 6.45) is 1.64. The Bertz CT molecular complexity index is 907. The topological polar surface area (TPSA) is 80.2 Å². The summed E-state index contributed by atoms with van der Waals surface area (Å²) in [6, 6.07) is 15.0. The van der Waals surface area contributed by atoms with Gasteiger partial charge in [-0.15, -0.1) is 0 Å². The summed E-state index contributed by atoms with van der Waals surface area (Å²) in [5.41, 5.74) is 7.80. The first-order valence-corrected chi connectivity index (χ1v) is 8.55. The molecule has 0 fully saturated rings. The third kappa shape index (κ3) is 4.48. The van der Waals surface area contributed by atoms with Gasteiger partial charge in [0, 0.05) is 5.69 Å². The van der Waals surface area contributed by atoms with Gasteiger partial charge in [0.2, 0.25) is 0 Å². The molecular weight excluding hydrogens is 350 g/mol. The summed E-state index contributed by atoms with van der Waals surface area (Å²) in [6.45, 7) is 2.69. The smallest absolute Gasteiger partial charge is 0.258 e. The molecule has 0 aliphatic heterocycles. The van der Waals surface area contributed by atoms with Crippen LogP contribution in [0.15, 0.2) is 54.9 Å². The third-order valence-electron chi connectivity index (χ3n) is 3.58. The molecule has 0 saturated heterocycles. The third-order valence-corrected chi connectivity index (χ3v) is 3.78. The summed E-state index contributed by atoms with van der Waals surface area (Å²) in [4.78, 5) is 16.4. The molecule has 1 amide bonds. The summed E-state index contributed by atoms with van der Waals surface area (Å²) in [5, 5.41) is 3.28. The van der Waals surface area contributed by atoms with E-state index >= 15 is 0 Å². The van der Waals surface area contributed by atoms with Crippen molar-refractivity contribution < 1.29 is 9.53 Å². The summed E-state index contributed by atoms with van der Waals surface area (Å²) < 4.78 is 7.16. The molecule has 26 heavy (non-hydrogen) atoms. The molecule has 1 aromatic heterocycles. The first kappa shape index (κ1) is 17.7. The molecule has 0 radical (unpaired) electrons. The maximum absolute atomic E-state index is 12.1. The quantitative estimate of drug-likeness (QED) is 0.474. The van der Waals surface area contributed by atoms with E-state index in [1.807, 2.05) is 55.5 Å². The van der Waals surface area contributed by atoms with Gasteiger partial charge in [-0.3, -0.25) is 15.6 Å². The zero-order valence-electron chi connectivity index (χ0n) is 14.2. The molecule has 0 atom stereocenters. The fraction of sp³-hybridized carbons (Fsp3) is 0.167. The number of carbonyl (C=O) groups is 1. The van der Waals surface area contributed by atoms with E-state index in [-0.39, 0.29) is 17.6 Å². The van der Waals surface area contributed by atoms with Gasteiger partial charge in [-0.25, -0.2) is 4.98 Å². The van der Waals surface area contributed by atoms with Crippen molar-refractivity contribution >= 4 is 40.0 Å². The number of amides is 1. The average molecular weight is 369 g/mol. The highest BCUT2D eigenvalue weighted by Gasteiger charge is 2.07. The Morgan fingerprint density at radius 1 is 1.15 bits per heavy atom. The zero-order chi connectivity index (χ0) is 18.4. The van der Waals surface area contributed by atoms with E-state index in [1.54, 1.807) is 10.9 Å². The van der Waals surface area contributed by atoms with Crippen LogP contribution >= 0.6 is 12.2 Å². The molecule has 3 rings (SSSR count). The van der Waals surface area contributed by atoms with E-state index in [9.17, 15) is 4.79 Å². The molecule has 8 heteroatoms. The average Bonchev–Trinajstić information content (AvgIpc) is 3.05. The minimum absolute atomic E-state index is 0.138. The summed E-state index contributed by atoms with van der Waals surface area (Å²) >= 11 is 5.18. The molecule has 0 aliphatic carbocycles. The number of hydrazine groups is 1. The van der Waals surface area contributed by atoms with Crippen LogP contribution in [0.1, 0.15) is 6.92 Å². The second kappa shape index (κ2) is 8.30. The molecule has 3 aromatic rings. The molecule has 7 nitrogen and oxygen atoms in total. The van der Waals surface area contributed by atoms with Gasteiger partial charge >= 0.3 is 0 Å². The molecule has 0 spiro atoms. The minimum Gasteiger partial charge on any atom is -0.494 e. The highest BCUT2D eigenvalue weighted by molar-refractivity contribution is 7.80. The number of hydrogen-bond acceptors (Lipinski definition) is 4. The van der Waals surface area contributed by atoms with Crippen LogP contribution in [0.25, 0.3) is 11.0 Å². The number of ether oxygens (including phenoxy) is 1. The number of thiocarbonyl (C=S) groups is 1. The maximum Gasteiger partial charge on any atom is 0.258 e. The number of para-hydroxylation sites is 2. The van der Waals surface area contributed by atoms with Crippen LogP contribution in [0.3, 0.4) is 0 Å². The first-order chi connectivity index (χ1) is 12.7. The molecule has 3 N–H and O–H groups in total. The molecular formula is C18H19N5O2S. The van der Waals surface area contributed by atoms with Gasteiger partial charge < -0.3 is 14.6 Å². The SMILES string of the molecule is CCOc1ccc(NC(=S)NNC(=O)Cn2cnc3ccccc32)cc1. The van der Waals surface area contributed by atoms with E-state index in [2.05, 4.69) is 21.2 Å². The van der Waals surface area contributed by atoms with E-state index in [0.29, 0.717) is 6.61 Å². The van der Waals surface area contributed by atoms with Crippen LogP contribution < -0.4 is 20.9 Å². The van der Waals surface area contributed by atoms with Crippen LogP contribution in [0, 0.1) is 0 Å². The largest absolute Gasteiger partial charge is 0.494 e. The van der Waals surface area contributed by atoms with Crippen molar-refractivity contribution in [2.75, 3.05) is 11.9 Å². The normalized spacial score (nSPS) is 10.3. The van der Waals surface area contributed by atoms with Gasteiger partial charge in [0.15, 0.2) is 5.11 Å². The Morgan fingerprint density at radius 3 is 2.69 bits per heavy atom. The lowest BCUT2D eigenvalue weighted by molar-refractivity contribution is -0.122. The fourth-order valence-corrected chi connectivity index (χ4v) is 2.59. The Labute approximate surface area is 156 Å². The fourth-order valence-electron chi connectivity index (χ4n) is 2.42. The maximum atomic E-state index is 12.1. The number of rotatable bonds is 5. The number of benzene rings is 2. The molecule has 0 unspecified atom stereocenters. The molecule has 0 bridgehead atoms. The lowest BCUT2D eigenvalue weighted by Crippen LogP contribution is -2.45. The standard InChI is InChI=1S/C18H19N5O2S/c1-2-25-14-9-7-13(8-10-14)20-18(26)22-21-17(24)11-23-12-19-15-5-3-4-6-16(15)23/h3-10,12H,2,11H2,1H3,(H,21,24)(H2,20,22,26). The Morgan fingerprint density at radius 2 is 1.92 bits per heavy atom. The highest BCUT2D eigenvalue weighted by Crippen LogP contribution is 2.15. The molecule has 0 saturated carbocycles. The summed E-state index contributed by atoms with van der Waals surface area (Å²) in [7, 11) is 0. The van der Waals surface area contributed by atoms with Gasteiger partial charge in [0.05, 0.1) is 24.0 Å². The number of imidazole rings is 1. The van der Waals surface area contributed by atoms with Crippen molar-refractivity contribution in [1.29, 1.82) is 0 Å². The van der Waals surface area contributed by atoms with Crippen molar-refractivity contribution in [2.45, 2.75) is 13.5 Å². The predicted molar refractivity (Wildman–Crippen MR) is 105 cm³/mol. The van der Waals surface area contributed by atoms with Crippen molar-refractivity contribution in [3.8, 4) is 5.75 Å². The predicted octanol–water partition coefficient (Wildman–Crippen LogP) is 2.45. The number of nitrogens with one attached hydrogen (secondary N) is 3. The van der Waals surface area contributed by atoms with Crippen molar-refractivity contribution in [1.82, 2.24) is 20.4 Å². The number of anilines is 1. The van der Waals surface area contributed by atoms with Gasteiger partial charge in [0.25, 0.3) is 5.91 Å². The van der Waals surface area contributed by atoms with E-state index in [0.717, 1.165) is 22.5 Å². The monoisotopic (exact) mass is 369 g/mol. The van der Waals surface area contributed by atoms with E-state index in [4.69, 9.17) is 17.0 Å². The van der Waals surface area contributed by atoms with Gasteiger partial charge in [-0.2, -0.15) is 0 Å². The Kier molecular flexibility index (Phi) is 5.65. The van der Waals surface area contributed by atoms with E-state index < -0.39 is 0 Å². The molecule has 134 valence electrons. The van der Waals surface area contributed by atoms with Gasteiger partial charge in [-0.05, 0) is 55.5 Å². The van der Waals surface area contributed by atoms with Gasteiger partial charge in [-0.1, -0.05) is 12.1 Å². The number of nitrogens with zero attached hydrogens (tertiary/aromatic N) is 2. The van der Waals surface area contributed by atoms with Crippen LogP contribution in [0.4, 0.5) is 5.69 Å². The second-order valence-electron chi connectivity index (χ2n) is 5.45. The van der Waals surface area contributed by atoms with E-state index in [1.165, 1.54) is 0 Å². The van der Waals surface area contributed by atoms with Gasteiger partial charge in [0.1, 0.15) is 12.3 Å². The minimum atomic E-state index is -0.232. The molecule has 0 aliphatic rings. The second-order valence-corrected chi connectivity index (χ2v) is 5.85. The molecule has 1 heterocycles. The van der Waals surface area contributed by atoms with Crippen molar-refractivity contribution in [3.63, 3.8) is 0 Å². The first-order valence-electron chi connectivity index (χ1n) is 8.14. The van der Waals surface area contributed by atoms with Crippen LogP contribution in [0.5, 0.6) is 5.75 Å². The number of aromatic nitrogens is 2. The number of carbonyl (C=O) groups excluding carboxylic acids is 1. The lowest BCUT2D eigenvalue weighted by atomic mass is 10.3. The van der Waals surface area contributed by atoms with Crippen molar-refractivity contribution in [3.05, 3.63) is 54.9 Å². The number of fused-ring (bicyclic) bond motifs is 1. The van der Waals surface area contributed by atoms with Crippen LogP contribution in [0.2, 0.25) is 0 Å².